The zero-order valence-corrected chi connectivity index (χ0v) is 11.7. The normalized spacial score (nSPS) is 10.8. The number of anilines is 1. The van der Waals surface area contributed by atoms with Gasteiger partial charge in [0.25, 0.3) is 0 Å². The van der Waals surface area contributed by atoms with Crippen LogP contribution in [-0.2, 0) is 0 Å². The molecule has 0 aliphatic carbocycles. The molecule has 0 fully saturated rings. The number of hydrogen-bond acceptors (Lipinski definition) is 3. The number of nitrogens with one attached hydrogen (secondary N) is 1. The van der Waals surface area contributed by atoms with E-state index in [1.54, 1.807) is 7.11 Å². The van der Waals surface area contributed by atoms with Gasteiger partial charge in [0.1, 0.15) is 5.75 Å². The summed E-state index contributed by atoms with van der Waals surface area (Å²) in [5.41, 5.74) is 2.32. The van der Waals surface area contributed by atoms with E-state index in [4.69, 9.17) is 10.00 Å². The van der Waals surface area contributed by atoms with Crippen molar-refractivity contribution in [3.8, 4) is 11.8 Å². The molecule has 0 saturated carbocycles. The van der Waals surface area contributed by atoms with Crippen molar-refractivity contribution in [1.29, 1.82) is 5.26 Å². The van der Waals surface area contributed by atoms with E-state index in [1.807, 2.05) is 12.1 Å². The van der Waals surface area contributed by atoms with E-state index >= 15 is 0 Å². The monoisotopic (exact) mass is 246 g/mol. The third kappa shape index (κ3) is 4.29. The molecule has 3 nitrogen and oxygen atoms in total. The van der Waals surface area contributed by atoms with Gasteiger partial charge in [-0.3, -0.25) is 0 Å². The summed E-state index contributed by atoms with van der Waals surface area (Å²) in [7, 11) is 1.68. The van der Waals surface area contributed by atoms with Crippen LogP contribution >= 0.6 is 0 Å². The molecule has 1 rings (SSSR count). The molecule has 1 N–H and O–H groups in total. The fourth-order valence-corrected chi connectivity index (χ4v) is 1.78. The lowest BCUT2D eigenvalue weighted by molar-refractivity contribution is 0.362. The van der Waals surface area contributed by atoms with Gasteiger partial charge in [0.05, 0.1) is 18.9 Å². The smallest absolute Gasteiger partial charge is 0.141 e. The van der Waals surface area contributed by atoms with Crippen LogP contribution in [0.1, 0.15) is 32.3 Å². The number of ether oxygens (including phenoxy) is 1. The molecular formula is C15H22N2O. The Bertz CT molecular complexity index is 433. The lowest BCUT2D eigenvalue weighted by Crippen LogP contribution is -2.23. The second-order valence-corrected chi connectivity index (χ2v) is 5.38. The van der Waals surface area contributed by atoms with Crippen LogP contribution in [0.5, 0.6) is 5.75 Å². The zero-order chi connectivity index (χ0) is 13.6. The second kappa shape index (κ2) is 6.30. The van der Waals surface area contributed by atoms with E-state index in [2.05, 4.69) is 38.2 Å². The zero-order valence-electron chi connectivity index (χ0n) is 11.7. The molecule has 0 radical (unpaired) electrons. The van der Waals surface area contributed by atoms with Crippen molar-refractivity contribution in [2.75, 3.05) is 19.0 Å². The summed E-state index contributed by atoms with van der Waals surface area (Å²) in [4.78, 5) is 0. The minimum atomic E-state index is 0.102. The van der Waals surface area contributed by atoms with Gasteiger partial charge < -0.3 is 10.1 Å². The molecule has 1 aromatic rings. The van der Waals surface area contributed by atoms with Gasteiger partial charge in [0, 0.05) is 13.0 Å². The summed E-state index contributed by atoms with van der Waals surface area (Å²) in [5.74, 6) is 0.858. The van der Waals surface area contributed by atoms with Gasteiger partial charge in [-0.05, 0) is 36.5 Å². The number of aryl methyl sites for hydroxylation is 1. The predicted molar refractivity (Wildman–Crippen MR) is 74.8 cm³/mol. The van der Waals surface area contributed by atoms with E-state index in [0.29, 0.717) is 6.42 Å². The molecular weight excluding hydrogens is 224 g/mol. The molecule has 0 aliphatic rings. The van der Waals surface area contributed by atoms with Crippen LogP contribution in [0, 0.1) is 23.7 Å². The average Bonchev–Trinajstić information content (AvgIpc) is 2.34. The molecule has 1 aromatic carbocycles. The highest BCUT2D eigenvalue weighted by atomic mass is 16.5. The molecule has 3 heteroatoms. The highest BCUT2D eigenvalue weighted by Gasteiger charge is 2.17. The summed E-state index contributed by atoms with van der Waals surface area (Å²) in [5, 5.41) is 12.1. The van der Waals surface area contributed by atoms with E-state index in [1.165, 1.54) is 5.56 Å². The van der Waals surface area contributed by atoms with Gasteiger partial charge in [-0.25, -0.2) is 0 Å². The molecule has 0 amide bonds. The highest BCUT2D eigenvalue weighted by molar-refractivity contribution is 5.58. The fourth-order valence-electron chi connectivity index (χ4n) is 1.78. The van der Waals surface area contributed by atoms with Crippen molar-refractivity contribution in [2.45, 2.75) is 33.6 Å². The van der Waals surface area contributed by atoms with Crippen molar-refractivity contribution in [1.82, 2.24) is 0 Å². The fraction of sp³-hybridized carbons (Fsp3) is 0.533. The van der Waals surface area contributed by atoms with Crippen LogP contribution in [0.3, 0.4) is 0 Å². The molecule has 0 bridgehead atoms. The van der Waals surface area contributed by atoms with E-state index in [0.717, 1.165) is 24.4 Å². The first-order chi connectivity index (χ1) is 8.48. The molecule has 0 unspecified atom stereocenters. The summed E-state index contributed by atoms with van der Waals surface area (Å²) in [6.07, 6.45) is 1.49. The lowest BCUT2D eigenvalue weighted by Gasteiger charge is -2.25. The lowest BCUT2D eigenvalue weighted by atomic mass is 9.88. The number of hydrogen-bond donors (Lipinski definition) is 1. The number of nitriles is 1. The van der Waals surface area contributed by atoms with E-state index in [-0.39, 0.29) is 5.41 Å². The van der Waals surface area contributed by atoms with Crippen LogP contribution in [-0.4, -0.2) is 13.7 Å². The van der Waals surface area contributed by atoms with Gasteiger partial charge in [0.2, 0.25) is 0 Å². The minimum absolute atomic E-state index is 0.102. The van der Waals surface area contributed by atoms with Gasteiger partial charge in [-0.1, -0.05) is 19.9 Å². The van der Waals surface area contributed by atoms with Crippen LogP contribution in [0.4, 0.5) is 5.69 Å². The number of benzene rings is 1. The predicted octanol–water partition coefficient (Wildman–Crippen LogP) is 3.75. The molecule has 98 valence electrons. The van der Waals surface area contributed by atoms with Crippen LogP contribution in [0.2, 0.25) is 0 Å². The Kier molecular flexibility index (Phi) is 5.03. The maximum Gasteiger partial charge on any atom is 0.141 e. The quantitative estimate of drug-likeness (QED) is 0.831. The molecule has 0 atom stereocenters. The molecule has 0 aromatic heterocycles. The number of nitrogens with zero attached hydrogens (tertiary/aromatic N) is 1. The Balaban J connectivity index is 2.68. The Morgan fingerprint density at radius 1 is 1.39 bits per heavy atom. The summed E-state index contributed by atoms with van der Waals surface area (Å²) < 4.78 is 5.33. The first kappa shape index (κ1) is 14.4. The molecule has 0 saturated heterocycles. The van der Waals surface area contributed by atoms with Crippen molar-refractivity contribution < 1.29 is 4.74 Å². The van der Waals surface area contributed by atoms with Crippen molar-refractivity contribution in [3.63, 3.8) is 0 Å². The van der Waals surface area contributed by atoms with Crippen LogP contribution in [0.15, 0.2) is 18.2 Å². The maximum atomic E-state index is 8.64. The Hall–Kier alpha value is -1.69. The number of methoxy groups -OCH3 is 1. The van der Waals surface area contributed by atoms with Crippen molar-refractivity contribution >= 4 is 5.69 Å². The molecule has 18 heavy (non-hydrogen) atoms. The van der Waals surface area contributed by atoms with Gasteiger partial charge in [-0.2, -0.15) is 5.26 Å². The third-order valence-corrected chi connectivity index (χ3v) is 3.03. The SMILES string of the molecule is COc1ccc(C)cc1NCC(C)(C)CCC#N. The maximum absolute atomic E-state index is 8.64. The van der Waals surface area contributed by atoms with Crippen molar-refractivity contribution in [3.05, 3.63) is 23.8 Å². The third-order valence-electron chi connectivity index (χ3n) is 3.03. The average molecular weight is 246 g/mol. The Morgan fingerprint density at radius 2 is 2.11 bits per heavy atom. The Labute approximate surface area is 110 Å². The summed E-state index contributed by atoms with van der Waals surface area (Å²) in [6.45, 7) is 7.22. The first-order valence-electron chi connectivity index (χ1n) is 6.24. The van der Waals surface area contributed by atoms with Gasteiger partial charge in [0.15, 0.2) is 0 Å². The standard InChI is InChI=1S/C15H22N2O/c1-12-6-7-14(18-4)13(10-12)17-11-15(2,3)8-5-9-16/h6-7,10,17H,5,8,11H2,1-4H3. The van der Waals surface area contributed by atoms with Gasteiger partial charge in [-0.15, -0.1) is 0 Å². The highest BCUT2D eigenvalue weighted by Crippen LogP contribution is 2.28. The van der Waals surface area contributed by atoms with Gasteiger partial charge >= 0.3 is 0 Å². The number of rotatable bonds is 6. The van der Waals surface area contributed by atoms with Crippen LogP contribution in [0.25, 0.3) is 0 Å². The summed E-state index contributed by atoms with van der Waals surface area (Å²) in [6, 6.07) is 8.29. The second-order valence-electron chi connectivity index (χ2n) is 5.38. The van der Waals surface area contributed by atoms with E-state index < -0.39 is 0 Å². The summed E-state index contributed by atoms with van der Waals surface area (Å²) >= 11 is 0. The largest absolute Gasteiger partial charge is 0.495 e. The minimum Gasteiger partial charge on any atom is -0.495 e. The Morgan fingerprint density at radius 3 is 2.72 bits per heavy atom. The topological polar surface area (TPSA) is 45.0 Å². The van der Waals surface area contributed by atoms with Crippen LogP contribution < -0.4 is 10.1 Å². The van der Waals surface area contributed by atoms with Crippen molar-refractivity contribution in [2.24, 2.45) is 5.41 Å². The van der Waals surface area contributed by atoms with E-state index in [9.17, 15) is 0 Å². The molecule has 0 heterocycles. The first-order valence-corrected chi connectivity index (χ1v) is 6.24. The molecule has 0 spiro atoms. The molecule has 0 aliphatic heterocycles.